The molecule has 0 bridgehead atoms. The molecule has 0 aliphatic carbocycles. The number of nitrogens with one attached hydrogen (secondary N) is 2. The molecule has 1 fully saturated rings. The largest absolute Gasteiger partial charge is 0.495 e. The summed E-state index contributed by atoms with van der Waals surface area (Å²) in [6, 6.07) is 4.46. The molecule has 1 aromatic carbocycles. The van der Waals surface area contributed by atoms with Crippen molar-refractivity contribution >= 4 is 10.9 Å². The fourth-order valence-electron chi connectivity index (χ4n) is 2.95. The average molecular weight is 244 g/mol. The van der Waals surface area contributed by atoms with E-state index in [2.05, 4.69) is 36.3 Å². The number of aromatic amines is 1. The number of fused-ring (bicyclic) bond motifs is 1. The zero-order valence-electron chi connectivity index (χ0n) is 11.3. The summed E-state index contributed by atoms with van der Waals surface area (Å²) in [4.78, 5) is 3.29. The van der Waals surface area contributed by atoms with Crippen LogP contribution in [-0.2, 0) is 5.54 Å². The van der Waals surface area contributed by atoms with Gasteiger partial charge in [0.2, 0.25) is 0 Å². The molecule has 18 heavy (non-hydrogen) atoms. The first-order valence-electron chi connectivity index (χ1n) is 6.55. The van der Waals surface area contributed by atoms with Gasteiger partial charge in [-0.15, -0.1) is 0 Å². The molecule has 1 aromatic heterocycles. The molecule has 3 rings (SSSR count). The van der Waals surface area contributed by atoms with Crippen LogP contribution in [-0.4, -0.2) is 18.6 Å². The van der Waals surface area contributed by atoms with E-state index in [4.69, 9.17) is 4.74 Å². The van der Waals surface area contributed by atoms with Crippen molar-refractivity contribution < 1.29 is 4.74 Å². The van der Waals surface area contributed by atoms with E-state index >= 15 is 0 Å². The summed E-state index contributed by atoms with van der Waals surface area (Å²) in [6.45, 7) is 5.51. The van der Waals surface area contributed by atoms with Crippen LogP contribution in [0.3, 0.4) is 0 Å². The van der Waals surface area contributed by atoms with Crippen molar-refractivity contribution in [1.29, 1.82) is 0 Å². The lowest BCUT2D eigenvalue weighted by Gasteiger charge is -2.25. The number of aryl methyl sites for hydroxylation is 1. The number of benzene rings is 1. The minimum atomic E-state index is 0.0885. The maximum absolute atomic E-state index is 5.53. The first-order chi connectivity index (χ1) is 8.64. The summed E-state index contributed by atoms with van der Waals surface area (Å²) in [7, 11) is 1.74. The Labute approximate surface area is 108 Å². The minimum Gasteiger partial charge on any atom is -0.495 e. The molecule has 3 heteroatoms. The molecule has 0 spiro atoms. The first kappa shape index (κ1) is 11.6. The molecule has 2 aromatic rings. The van der Waals surface area contributed by atoms with Crippen LogP contribution in [0.5, 0.6) is 5.75 Å². The van der Waals surface area contributed by atoms with Gasteiger partial charge in [-0.25, -0.2) is 0 Å². The third kappa shape index (κ3) is 1.62. The summed E-state index contributed by atoms with van der Waals surface area (Å²) in [6.07, 6.45) is 4.47. The Morgan fingerprint density at radius 1 is 1.33 bits per heavy atom. The summed E-state index contributed by atoms with van der Waals surface area (Å²) >= 11 is 0. The minimum absolute atomic E-state index is 0.0885. The lowest BCUT2D eigenvalue weighted by atomic mass is 9.89. The molecule has 1 unspecified atom stereocenters. The summed E-state index contributed by atoms with van der Waals surface area (Å²) in [5, 5.41) is 4.87. The van der Waals surface area contributed by atoms with Gasteiger partial charge in [0, 0.05) is 17.1 Å². The lowest BCUT2D eigenvalue weighted by Crippen LogP contribution is -2.33. The SMILES string of the molecule is COc1cc(C2(C)CCCN2)cc2c(C)c[nH]c12. The van der Waals surface area contributed by atoms with Crippen molar-refractivity contribution in [3.05, 3.63) is 29.5 Å². The molecule has 0 amide bonds. The van der Waals surface area contributed by atoms with Gasteiger partial charge in [0.15, 0.2) is 0 Å². The highest BCUT2D eigenvalue weighted by Crippen LogP contribution is 2.36. The molecule has 3 nitrogen and oxygen atoms in total. The summed E-state index contributed by atoms with van der Waals surface area (Å²) in [5.41, 5.74) is 3.78. The van der Waals surface area contributed by atoms with Gasteiger partial charge in [-0.1, -0.05) is 0 Å². The highest BCUT2D eigenvalue weighted by molar-refractivity contribution is 5.89. The number of methoxy groups -OCH3 is 1. The number of hydrogen-bond acceptors (Lipinski definition) is 2. The Balaban J connectivity index is 2.21. The van der Waals surface area contributed by atoms with Gasteiger partial charge in [-0.05, 0) is 56.5 Å². The maximum atomic E-state index is 5.53. The molecular weight excluding hydrogens is 224 g/mol. The van der Waals surface area contributed by atoms with E-state index in [9.17, 15) is 0 Å². The fraction of sp³-hybridized carbons (Fsp3) is 0.467. The van der Waals surface area contributed by atoms with E-state index in [1.165, 1.54) is 29.4 Å². The van der Waals surface area contributed by atoms with E-state index in [0.29, 0.717) is 0 Å². The van der Waals surface area contributed by atoms with E-state index < -0.39 is 0 Å². The van der Waals surface area contributed by atoms with Crippen LogP contribution in [0, 0.1) is 6.92 Å². The fourth-order valence-corrected chi connectivity index (χ4v) is 2.95. The van der Waals surface area contributed by atoms with Crippen molar-refractivity contribution in [3.63, 3.8) is 0 Å². The van der Waals surface area contributed by atoms with Gasteiger partial charge in [-0.3, -0.25) is 0 Å². The highest BCUT2D eigenvalue weighted by atomic mass is 16.5. The Kier molecular flexibility index (Phi) is 2.59. The van der Waals surface area contributed by atoms with E-state index in [1.54, 1.807) is 7.11 Å². The zero-order chi connectivity index (χ0) is 12.8. The predicted octanol–water partition coefficient (Wildman–Crippen LogP) is 3.08. The van der Waals surface area contributed by atoms with Crippen molar-refractivity contribution in [2.24, 2.45) is 0 Å². The second-order valence-electron chi connectivity index (χ2n) is 5.44. The Hall–Kier alpha value is -1.48. The monoisotopic (exact) mass is 244 g/mol. The Bertz CT molecular complexity index is 579. The van der Waals surface area contributed by atoms with E-state index in [1.807, 2.05) is 6.20 Å². The summed E-state index contributed by atoms with van der Waals surface area (Å²) < 4.78 is 5.53. The Morgan fingerprint density at radius 3 is 2.83 bits per heavy atom. The summed E-state index contributed by atoms with van der Waals surface area (Å²) in [5.74, 6) is 0.936. The topological polar surface area (TPSA) is 37.0 Å². The zero-order valence-corrected chi connectivity index (χ0v) is 11.3. The van der Waals surface area contributed by atoms with E-state index in [0.717, 1.165) is 17.8 Å². The number of H-pyrrole nitrogens is 1. The van der Waals surface area contributed by atoms with Crippen LogP contribution in [0.4, 0.5) is 0 Å². The van der Waals surface area contributed by atoms with Crippen LogP contribution in [0.2, 0.25) is 0 Å². The molecule has 0 saturated carbocycles. The molecular formula is C15H20N2O. The molecule has 1 aliphatic rings. The maximum Gasteiger partial charge on any atom is 0.143 e. The standard InChI is InChI=1S/C15H20N2O/c1-10-9-16-14-12(10)7-11(8-13(14)18-3)15(2)5-4-6-17-15/h7-9,16-17H,4-6H2,1-3H3. The predicted molar refractivity (Wildman–Crippen MR) is 74.2 cm³/mol. The smallest absolute Gasteiger partial charge is 0.143 e. The Morgan fingerprint density at radius 2 is 2.17 bits per heavy atom. The molecule has 1 atom stereocenters. The first-order valence-corrected chi connectivity index (χ1v) is 6.55. The average Bonchev–Trinajstić information content (AvgIpc) is 2.97. The second kappa shape index (κ2) is 4.02. The number of ether oxygens (including phenoxy) is 1. The van der Waals surface area contributed by atoms with Crippen molar-refractivity contribution in [1.82, 2.24) is 10.3 Å². The third-order valence-corrected chi connectivity index (χ3v) is 4.19. The van der Waals surface area contributed by atoms with Gasteiger partial charge in [-0.2, -0.15) is 0 Å². The number of aromatic nitrogens is 1. The molecule has 1 aliphatic heterocycles. The molecule has 1 saturated heterocycles. The van der Waals surface area contributed by atoms with Crippen molar-refractivity contribution in [3.8, 4) is 5.75 Å². The normalized spacial score (nSPS) is 23.7. The van der Waals surface area contributed by atoms with Crippen LogP contribution >= 0.6 is 0 Å². The van der Waals surface area contributed by atoms with Crippen molar-refractivity contribution in [2.45, 2.75) is 32.2 Å². The highest BCUT2D eigenvalue weighted by Gasteiger charge is 2.31. The molecule has 2 heterocycles. The lowest BCUT2D eigenvalue weighted by molar-refractivity contribution is 0.408. The van der Waals surface area contributed by atoms with Gasteiger partial charge in [0.25, 0.3) is 0 Å². The quantitative estimate of drug-likeness (QED) is 0.851. The number of hydrogen-bond donors (Lipinski definition) is 2. The molecule has 2 N–H and O–H groups in total. The van der Waals surface area contributed by atoms with Gasteiger partial charge in [0.05, 0.1) is 12.6 Å². The molecule has 96 valence electrons. The van der Waals surface area contributed by atoms with Crippen LogP contribution in [0.1, 0.15) is 30.9 Å². The van der Waals surface area contributed by atoms with Gasteiger partial charge >= 0.3 is 0 Å². The van der Waals surface area contributed by atoms with E-state index in [-0.39, 0.29) is 5.54 Å². The van der Waals surface area contributed by atoms with Crippen LogP contribution in [0.25, 0.3) is 10.9 Å². The molecule has 0 radical (unpaired) electrons. The number of rotatable bonds is 2. The van der Waals surface area contributed by atoms with Gasteiger partial charge in [0.1, 0.15) is 5.75 Å². The van der Waals surface area contributed by atoms with Crippen molar-refractivity contribution in [2.75, 3.05) is 13.7 Å². The third-order valence-electron chi connectivity index (χ3n) is 4.19. The van der Waals surface area contributed by atoms with Crippen LogP contribution in [0.15, 0.2) is 18.3 Å². The van der Waals surface area contributed by atoms with Crippen LogP contribution < -0.4 is 10.1 Å². The van der Waals surface area contributed by atoms with Gasteiger partial charge < -0.3 is 15.0 Å². The second-order valence-corrected chi connectivity index (χ2v) is 5.44.